The number of anilines is 1. The minimum atomic E-state index is -0.661. The van der Waals surface area contributed by atoms with E-state index in [9.17, 15) is 24.8 Å². The second-order valence-electron chi connectivity index (χ2n) is 11.3. The van der Waals surface area contributed by atoms with Gasteiger partial charge in [-0.05, 0) is 54.5 Å². The van der Waals surface area contributed by atoms with E-state index >= 15 is 0 Å². The van der Waals surface area contributed by atoms with Crippen molar-refractivity contribution in [2.24, 2.45) is 17.8 Å². The van der Waals surface area contributed by atoms with E-state index in [4.69, 9.17) is 0 Å². The molecule has 9 nitrogen and oxygen atoms in total. The SMILES string of the molecule is CC(C)CNC(=O)c1ccc(N2C=C(C3CCCC3)N(Cc3ccc(O)cc3)C(=O)[C@H]2C(C)C)c([N+](=O)[O-])c1. The summed E-state index contributed by atoms with van der Waals surface area (Å²) in [5, 5.41) is 24.8. The number of carbonyl (C=O) groups excluding carboxylic acids is 2. The highest BCUT2D eigenvalue weighted by Gasteiger charge is 2.42. The summed E-state index contributed by atoms with van der Waals surface area (Å²) in [6, 6.07) is 10.6. The van der Waals surface area contributed by atoms with Crippen LogP contribution < -0.4 is 10.2 Å². The van der Waals surface area contributed by atoms with Crippen molar-refractivity contribution in [2.75, 3.05) is 11.4 Å². The van der Waals surface area contributed by atoms with Crippen LogP contribution in [0.5, 0.6) is 5.75 Å². The Labute approximate surface area is 229 Å². The van der Waals surface area contributed by atoms with E-state index in [2.05, 4.69) is 5.32 Å². The van der Waals surface area contributed by atoms with Gasteiger partial charge in [-0.1, -0.05) is 52.7 Å². The smallest absolute Gasteiger partial charge is 0.293 e. The van der Waals surface area contributed by atoms with Crippen LogP contribution in [-0.2, 0) is 11.3 Å². The van der Waals surface area contributed by atoms with Crippen LogP contribution in [0.3, 0.4) is 0 Å². The minimum absolute atomic E-state index is 0.115. The fourth-order valence-corrected chi connectivity index (χ4v) is 5.45. The van der Waals surface area contributed by atoms with Gasteiger partial charge in [0.25, 0.3) is 11.6 Å². The summed E-state index contributed by atoms with van der Waals surface area (Å²) in [5.41, 5.74) is 2.05. The molecule has 1 aliphatic heterocycles. The predicted molar refractivity (Wildman–Crippen MR) is 150 cm³/mol. The highest BCUT2D eigenvalue weighted by molar-refractivity contribution is 5.96. The maximum Gasteiger partial charge on any atom is 0.293 e. The lowest BCUT2D eigenvalue weighted by atomic mass is 9.93. The number of benzene rings is 2. The molecular formula is C30H38N4O5. The number of amides is 2. The Bertz CT molecular complexity index is 1250. The number of phenols is 1. The Morgan fingerprint density at radius 1 is 1.10 bits per heavy atom. The van der Waals surface area contributed by atoms with Gasteiger partial charge in [0.1, 0.15) is 17.5 Å². The van der Waals surface area contributed by atoms with Crippen LogP contribution in [0.2, 0.25) is 0 Å². The maximum atomic E-state index is 14.2. The molecular weight excluding hydrogens is 496 g/mol. The number of nitrogens with zero attached hydrogens (tertiary/aromatic N) is 3. The number of hydrogen-bond acceptors (Lipinski definition) is 6. The third-order valence-electron chi connectivity index (χ3n) is 7.47. The summed E-state index contributed by atoms with van der Waals surface area (Å²) in [6.07, 6.45) is 5.95. The summed E-state index contributed by atoms with van der Waals surface area (Å²) in [7, 11) is 0. The van der Waals surface area contributed by atoms with Crippen LogP contribution in [0.1, 0.15) is 69.3 Å². The van der Waals surface area contributed by atoms with Gasteiger partial charge in [0.05, 0.1) is 11.5 Å². The molecule has 1 aliphatic carbocycles. The molecule has 2 amide bonds. The molecule has 2 N–H and O–H groups in total. The number of nitro benzene ring substituents is 1. The van der Waals surface area contributed by atoms with Gasteiger partial charge in [-0.25, -0.2) is 0 Å². The molecule has 1 heterocycles. The van der Waals surface area contributed by atoms with Crippen LogP contribution in [0.4, 0.5) is 11.4 Å². The molecule has 1 saturated carbocycles. The van der Waals surface area contributed by atoms with Crippen molar-refractivity contribution in [1.29, 1.82) is 0 Å². The predicted octanol–water partition coefficient (Wildman–Crippen LogP) is 5.59. The molecule has 39 heavy (non-hydrogen) atoms. The molecule has 2 aromatic carbocycles. The Balaban J connectivity index is 1.78. The summed E-state index contributed by atoms with van der Waals surface area (Å²) in [6.45, 7) is 8.64. The molecule has 2 aromatic rings. The molecule has 0 saturated heterocycles. The van der Waals surface area contributed by atoms with Gasteiger partial charge in [-0.2, -0.15) is 0 Å². The van der Waals surface area contributed by atoms with Crippen molar-refractivity contribution < 1.29 is 19.6 Å². The van der Waals surface area contributed by atoms with Gasteiger partial charge in [0.2, 0.25) is 5.91 Å². The quantitative estimate of drug-likeness (QED) is 0.320. The van der Waals surface area contributed by atoms with E-state index in [1.54, 1.807) is 41.3 Å². The zero-order chi connectivity index (χ0) is 28.3. The zero-order valence-corrected chi connectivity index (χ0v) is 23.1. The van der Waals surface area contributed by atoms with Gasteiger partial charge in [-0.3, -0.25) is 19.7 Å². The maximum absolute atomic E-state index is 14.2. The molecule has 9 heteroatoms. The Hall–Kier alpha value is -3.88. The summed E-state index contributed by atoms with van der Waals surface area (Å²) in [4.78, 5) is 42.2. The third kappa shape index (κ3) is 6.24. The summed E-state index contributed by atoms with van der Waals surface area (Å²) < 4.78 is 0. The van der Waals surface area contributed by atoms with E-state index in [1.807, 2.05) is 38.8 Å². The average Bonchev–Trinajstić information content (AvgIpc) is 3.43. The lowest BCUT2D eigenvalue weighted by Gasteiger charge is -2.43. The van der Waals surface area contributed by atoms with Crippen molar-refractivity contribution in [3.8, 4) is 5.75 Å². The molecule has 2 aliphatic rings. The third-order valence-corrected chi connectivity index (χ3v) is 7.47. The van der Waals surface area contributed by atoms with E-state index in [1.165, 1.54) is 6.07 Å². The standard InChI is InChI=1S/C30H38N4O5/c1-19(2)16-31-29(36)23-11-14-25(26(15-23)34(38)39)32-18-27(22-7-5-6-8-22)33(30(37)28(32)20(3)4)17-21-9-12-24(35)13-10-21/h9-15,18-20,22,28,35H,5-8,16-17H2,1-4H3,(H,31,36)/t28-/m1/s1. The second-order valence-corrected chi connectivity index (χ2v) is 11.3. The molecule has 208 valence electrons. The van der Waals surface area contributed by atoms with Crippen molar-refractivity contribution in [1.82, 2.24) is 10.2 Å². The van der Waals surface area contributed by atoms with Crippen molar-refractivity contribution in [2.45, 2.75) is 66.0 Å². The number of carbonyl (C=O) groups is 2. The number of nitrogens with one attached hydrogen (secondary N) is 1. The van der Waals surface area contributed by atoms with Crippen molar-refractivity contribution >= 4 is 23.2 Å². The fourth-order valence-electron chi connectivity index (χ4n) is 5.45. The molecule has 4 rings (SSSR count). The molecule has 0 aromatic heterocycles. The fraction of sp³-hybridized carbons (Fsp3) is 0.467. The second kappa shape index (κ2) is 11.9. The lowest BCUT2D eigenvalue weighted by molar-refractivity contribution is -0.384. The minimum Gasteiger partial charge on any atom is -0.508 e. The van der Waals surface area contributed by atoms with Gasteiger partial charge >= 0.3 is 0 Å². The van der Waals surface area contributed by atoms with E-state index in [0.717, 1.165) is 36.9 Å². The number of aromatic hydroxyl groups is 1. The number of nitro groups is 1. The first-order valence-electron chi connectivity index (χ1n) is 13.7. The zero-order valence-electron chi connectivity index (χ0n) is 23.1. The first kappa shape index (κ1) is 28.1. The Kier molecular flexibility index (Phi) is 8.57. The molecule has 1 fully saturated rings. The summed E-state index contributed by atoms with van der Waals surface area (Å²) in [5.74, 6) is -0.0453. The van der Waals surface area contributed by atoms with Gasteiger partial charge in [-0.15, -0.1) is 0 Å². The van der Waals surface area contributed by atoms with Crippen LogP contribution >= 0.6 is 0 Å². The average molecular weight is 535 g/mol. The topological polar surface area (TPSA) is 116 Å². The normalized spacial score (nSPS) is 18.2. The first-order chi connectivity index (χ1) is 18.6. The Morgan fingerprint density at radius 3 is 2.36 bits per heavy atom. The summed E-state index contributed by atoms with van der Waals surface area (Å²) >= 11 is 0. The van der Waals surface area contributed by atoms with Crippen LogP contribution in [-0.4, -0.2) is 39.3 Å². The largest absolute Gasteiger partial charge is 0.508 e. The van der Waals surface area contributed by atoms with Gasteiger partial charge < -0.3 is 20.2 Å². The molecule has 0 unspecified atom stereocenters. The van der Waals surface area contributed by atoms with Crippen LogP contribution in [0.25, 0.3) is 0 Å². The molecule has 0 bridgehead atoms. The number of phenolic OH excluding ortho intramolecular Hbond substituents is 1. The first-order valence-corrected chi connectivity index (χ1v) is 13.7. The molecule has 0 radical (unpaired) electrons. The highest BCUT2D eigenvalue weighted by atomic mass is 16.6. The molecule has 1 atom stereocenters. The number of rotatable bonds is 9. The Morgan fingerprint density at radius 2 is 1.77 bits per heavy atom. The van der Waals surface area contributed by atoms with Crippen molar-refractivity contribution in [3.63, 3.8) is 0 Å². The van der Waals surface area contributed by atoms with E-state index < -0.39 is 11.0 Å². The van der Waals surface area contributed by atoms with E-state index in [-0.39, 0.29) is 46.6 Å². The highest BCUT2D eigenvalue weighted by Crippen LogP contribution is 2.41. The van der Waals surface area contributed by atoms with Gasteiger partial charge in [0, 0.05) is 36.0 Å². The van der Waals surface area contributed by atoms with Crippen molar-refractivity contribution in [3.05, 3.63) is 75.6 Å². The lowest BCUT2D eigenvalue weighted by Crippen LogP contribution is -2.54. The number of hydrogen-bond donors (Lipinski definition) is 2. The van der Waals surface area contributed by atoms with Crippen LogP contribution in [0.15, 0.2) is 54.4 Å². The van der Waals surface area contributed by atoms with E-state index in [0.29, 0.717) is 18.8 Å². The molecule has 0 spiro atoms. The monoisotopic (exact) mass is 534 g/mol. The number of allylic oxidation sites excluding steroid dienone is 1. The van der Waals surface area contributed by atoms with Gasteiger partial charge in [0.15, 0.2) is 0 Å². The van der Waals surface area contributed by atoms with Crippen LogP contribution in [0, 0.1) is 27.9 Å².